The van der Waals surface area contributed by atoms with Crippen LogP contribution in [0.25, 0.3) is 22.3 Å². The van der Waals surface area contributed by atoms with Crippen molar-refractivity contribution in [3.63, 3.8) is 0 Å². The van der Waals surface area contributed by atoms with E-state index in [9.17, 15) is 9.90 Å². The summed E-state index contributed by atoms with van der Waals surface area (Å²) in [6.45, 7) is 5.43. The molecular weight excluding hydrogens is 604 g/mol. The van der Waals surface area contributed by atoms with Crippen LogP contribution in [0.15, 0.2) is 79.3 Å². The van der Waals surface area contributed by atoms with E-state index in [4.69, 9.17) is 19.7 Å². The summed E-state index contributed by atoms with van der Waals surface area (Å²) in [6.07, 6.45) is 10.6. The molecule has 0 amide bonds. The first-order valence-corrected chi connectivity index (χ1v) is 16.7. The van der Waals surface area contributed by atoms with Gasteiger partial charge in [-0.3, -0.25) is 14.9 Å². The van der Waals surface area contributed by atoms with Gasteiger partial charge in [0, 0.05) is 54.4 Å². The largest absolute Gasteiger partial charge is 0.491 e. The summed E-state index contributed by atoms with van der Waals surface area (Å²) in [5, 5.41) is 17.7. The van der Waals surface area contributed by atoms with Gasteiger partial charge in [0.1, 0.15) is 30.0 Å². The van der Waals surface area contributed by atoms with E-state index >= 15 is 0 Å². The SMILES string of the molecule is Cc1ccc(OCCN(CCCCc2ccc3c(n2)NCCC3)CC[C@H](Nc2nc(-c3cccnc3)nc3ccccc23)C(=O)O)cn1. The van der Waals surface area contributed by atoms with Crippen molar-refractivity contribution in [1.82, 2.24) is 29.8 Å². The number of pyridine rings is 3. The molecule has 48 heavy (non-hydrogen) atoms. The van der Waals surface area contributed by atoms with Gasteiger partial charge in [-0.1, -0.05) is 18.2 Å². The summed E-state index contributed by atoms with van der Waals surface area (Å²) in [7, 11) is 0. The summed E-state index contributed by atoms with van der Waals surface area (Å²) >= 11 is 0. The number of carboxylic acid groups (broad SMARTS) is 1. The summed E-state index contributed by atoms with van der Waals surface area (Å²) in [5.74, 6) is 1.79. The number of ether oxygens (including phenoxy) is 1. The van der Waals surface area contributed by atoms with Gasteiger partial charge in [-0.05, 0) is 100 Å². The monoisotopic (exact) mass is 646 g/mol. The average molecular weight is 647 g/mol. The van der Waals surface area contributed by atoms with Gasteiger partial charge in [-0.25, -0.2) is 19.7 Å². The summed E-state index contributed by atoms with van der Waals surface area (Å²) < 4.78 is 6.00. The lowest BCUT2D eigenvalue weighted by atomic mass is 10.1. The van der Waals surface area contributed by atoms with Gasteiger partial charge in [0.05, 0.1) is 11.7 Å². The number of benzene rings is 1. The number of hydrogen-bond donors (Lipinski definition) is 3. The Morgan fingerprint density at radius 3 is 2.75 bits per heavy atom. The van der Waals surface area contributed by atoms with Crippen molar-refractivity contribution in [2.24, 2.45) is 0 Å². The normalized spacial score (nSPS) is 13.1. The van der Waals surface area contributed by atoms with Crippen LogP contribution in [0.2, 0.25) is 0 Å². The molecule has 0 unspecified atom stereocenters. The Morgan fingerprint density at radius 2 is 1.92 bits per heavy atom. The Balaban J connectivity index is 1.11. The van der Waals surface area contributed by atoms with E-state index < -0.39 is 12.0 Å². The number of aryl methyl sites for hydroxylation is 3. The lowest BCUT2D eigenvalue weighted by Gasteiger charge is -2.25. The van der Waals surface area contributed by atoms with Gasteiger partial charge in [-0.15, -0.1) is 0 Å². The number of rotatable bonds is 16. The summed E-state index contributed by atoms with van der Waals surface area (Å²) in [4.78, 5) is 37.7. The Hall–Kier alpha value is -5.16. The number of carbonyl (C=O) groups is 1. The first kappa shape index (κ1) is 32.8. The van der Waals surface area contributed by atoms with Crippen LogP contribution < -0.4 is 15.4 Å². The van der Waals surface area contributed by atoms with E-state index in [-0.39, 0.29) is 0 Å². The quantitative estimate of drug-likeness (QED) is 0.112. The Morgan fingerprint density at radius 1 is 1.00 bits per heavy atom. The summed E-state index contributed by atoms with van der Waals surface area (Å²) in [5.41, 5.74) is 4.82. The van der Waals surface area contributed by atoms with Crippen molar-refractivity contribution in [1.29, 1.82) is 0 Å². The number of carboxylic acids is 1. The van der Waals surface area contributed by atoms with Crippen LogP contribution in [0.1, 0.15) is 42.6 Å². The number of hydrogen-bond acceptors (Lipinski definition) is 10. The minimum absolute atomic E-state index is 0.375. The molecule has 11 heteroatoms. The molecule has 0 aliphatic carbocycles. The van der Waals surface area contributed by atoms with Gasteiger partial charge < -0.3 is 20.5 Å². The van der Waals surface area contributed by atoms with Gasteiger partial charge in [0.2, 0.25) is 0 Å². The van der Waals surface area contributed by atoms with Crippen molar-refractivity contribution in [3.05, 3.63) is 96.2 Å². The molecular formula is C37H42N8O3. The van der Waals surface area contributed by atoms with Crippen LogP contribution in [-0.2, 0) is 17.6 Å². The highest BCUT2D eigenvalue weighted by Crippen LogP contribution is 2.26. The molecule has 3 N–H and O–H groups in total. The molecule has 1 aliphatic rings. The number of unbranched alkanes of at least 4 members (excludes halogenated alkanes) is 1. The van der Waals surface area contributed by atoms with Crippen molar-refractivity contribution < 1.29 is 14.6 Å². The molecule has 5 aromatic rings. The molecule has 0 saturated heterocycles. The molecule has 5 heterocycles. The fraction of sp³-hybridized carbons (Fsp3) is 0.351. The van der Waals surface area contributed by atoms with Crippen LogP contribution in [0.4, 0.5) is 11.6 Å². The molecule has 1 aliphatic heterocycles. The number of nitrogens with zero attached hydrogens (tertiary/aromatic N) is 6. The lowest BCUT2D eigenvalue weighted by Crippen LogP contribution is -2.37. The van der Waals surface area contributed by atoms with Gasteiger partial charge in [-0.2, -0.15) is 0 Å². The average Bonchev–Trinajstić information content (AvgIpc) is 3.12. The Bertz CT molecular complexity index is 1800. The lowest BCUT2D eigenvalue weighted by molar-refractivity contribution is -0.138. The van der Waals surface area contributed by atoms with E-state index in [2.05, 4.69) is 37.6 Å². The van der Waals surface area contributed by atoms with Gasteiger partial charge >= 0.3 is 5.97 Å². The topological polar surface area (TPSA) is 138 Å². The Labute approximate surface area is 280 Å². The fourth-order valence-corrected chi connectivity index (χ4v) is 5.86. The second kappa shape index (κ2) is 16.1. The predicted molar refractivity (Wildman–Crippen MR) is 187 cm³/mol. The zero-order valence-electron chi connectivity index (χ0n) is 27.3. The van der Waals surface area contributed by atoms with Crippen molar-refractivity contribution in [2.75, 3.05) is 43.4 Å². The van der Waals surface area contributed by atoms with Crippen molar-refractivity contribution in [3.8, 4) is 17.1 Å². The van der Waals surface area contributed by atoms with E-state index in [1.807, 2.05) is 55.5 Å². The van der Waals surface area contributed by atoms with Crippen LogP contribution in [0.3, 0.4) is 0 Å². The molecule has 0 bridgehead atoms. The molecule has 0 saturated carbocycles. The minimum atomic E-state index is -0.936. The van der Waals surface area contributed by atoms with Crippen LogP contribution >= 0.6 is 0 Å². The smallest absolute Gasteiger partial charge is 0.326 e. The number of para-hydroxylation sites is 1. The maximum absolute atomic E-state index is 12.6. The van der Waals surface area contributed by atoms with Crippen LogP contribution in [0.5, 0.6) is 5.75 Å². The third-order valence-electron chi connectivity index (χ3n) is 8.54. The molecule has 248 valence electrons. The number of fused-ring (bicyclic) bond motifs is 2. The van der Waals surface area contributed by atoms with Crippen molar-refractivity contribution in [2.45, 2.75) is 51.5 Å². The minimum Gasteiger partial charge on any atom is -0.491 e. The molecule has 6 rings (SSSR count). The maximum Gasteiger partial charge on any atom is 0.326 e. The molecule has 1 aromatic carbocycles. The van der Waals surface area contributed by atoms with E-state index in [0.29, 0.717) is 37.8 Å². The molecule has 4 aromatic heterocycles. The zero-order chi connectivity index (χ0) is 33.1. The Kier molecular flexibility index (Phi) is 11.0. The first-order valence-electron chi connectivity index (χ1n) is 16.7. The first-order chi connectivity index (χ1) is 23.5. The van der Waals surface area contributed by atoms with E-state index in [0.717, 1.165) is 84.6 Å². The van der Waals surface area contributed by atoms with E-state index in [1.165, 1.54) is 5.56 Å². The third-order valence-corrected chi connectivity index (χ3v) is 8.54. The molecule has 1 atom stereocenters. The molecule has 0 radical (unpaired) electrons. The van der Waals surface area contributed by atoms with Crippen molar-refractivity contribution >= 4 is 28.5 Å². The molecule has 11 nitrogen and oxygen atoms in total. The number of nitrogens with one attached hydrogen (secondary N) is 2. The fourth-order valence-electron chi connectivity index (χ4n) is 5.86. The second-order valence-corrected chi connectivity index (χ2v) is 12.1. The van der Waals surface area contributed by atoms with E-state index in [1.54, 1.807) is 18.6 Å². The van der Waals surface area contributed by atoms with Gasteiger partial charge in [0.15, 0.2) is 5.82 Å². The highest BCUT2D eigenvalue weighted by molar-refractivity contribution is 5.92. The number of anilines is 2. The number of aromatic nitrogens is 5. The van der Waals surface area contributed by atoms with Crippen LogP contribution in [0, 0.1) is 6.92 Å². The van der Waals surface area contributed by atoms with Crippen LogP contribution in [-0.4, -0.2) is 79.7 Å². The van der Waals surface area contributed by atoms with Gasteiger partial charge in [0.25, 0.3) is 0 Å². The number of aliphatic carboxylic acids is 1. The molecule has 0 spiro atoms. The predicted octanol–water partition coefficient (Wildman–Crippen LogP) is 5.81. The highest BCUT2D eigenvalue weighted by Gasteiger charge is 2.22. The highest BCUT2D eigenvalue weighted by atomic mass is 16.5. The summed E-state index contributed by atoms with van der Waals surface area (Å²) in [6, 6.07) is 18.7. The third kappa shape index (κ3) is 8.80. The molecule has 0 fully saturated rings. The standard InChI is InChI=1S/C37H42N8O3/c1-26-13-16-30(25-40-26)48-23-22-45(20-5-4-10-29-15-14-27-8-7-19-39-34(27)41-29)21-17-33(37(46)47)43-36-31-11-2-3-12-32(31)42-35(44-36)28-9-6-18-38-24-28/h2-3,6,9,11-16,18,24-25,33H,4-5,7-8,10,17,19-23H2,1H3,(H,39,41)(H,46,47)(H,42,43,44)/t33-/m0/s1. The maximum atomic E-state index is 12.6. The zero-order valence-corrected chi connectivity index (χ0v) is 27.3. The second-order valence-electron chi connectivity index (χ2n) is 12.1.